The maximum atomic E-state index is 10.1. The van der Waals surface area contributed by atoms with Gasteiger partial charge in [0.05, 0.1) is 11.1 Å². The number of aldehydes is 2. The Morgan fingerprint density at radius 2 is 1.00 bits per heavy atom. The monoisotopic (exact) mass is 335 g/mol. The van der Waals surface area contributed by atoms with Crippen molar-refractivity contribution in [1.29, 1.82) is 0 Å². The molecule has 0 heterocycles. The Kier molecular flexibility index (Phi) is 7.59. The van der Waals surface area contributed by atoms with Crippen molar-refractivity contribution in [3.63, 3.8) is 0 Å². The molecule has 7 heteroatoms. The van der Waals surface area contributed by atoms with Gasteiger partial charge < -0.3 is 20.4 Å². The second-order valence-electron chi connectivity index (χ2n) is 3.72. The van der Waals surface area contributed by atoms with Gasteiger partial charge >= 0.3 is 0 Å². The van der Waals surface area contributed by atoms with Crippen LogP contribution in [-0.4, -0.2) is 33.0 Å². The molecule has 2 aromatic carbocycles. The third-order valence-electron chi connectivity index (χ3n) is 2.28. The van der Waals surface area contributed by atoms with Crippen molar-refractivity contribution in [1.82, 2.24) is 0 Å². The average Bonchev–Trinajstić information content (AvgIpc) is 2.40. The van der Waals surface area contributed by atoms with E-state index in [0.29, 0.717) is 12.6 Å². The van der Waals surface area contributed by atoms with E-state index in [1.165, 1.54) is 24.3 Å². The molecule has 0 unspecified atom stereocenters. The Bertz CT molecular complexity index is 571. The van der Waals surface area contributed by atoms with Crippen LogP contribution >= 0.6 is 0 Å². The maximum Gasteiger partial charge on any atom is 0.153 e. The fraction of sp³-hybridized carbons (Fsp3) is 0. The first-order valence-electron chi connectivity index (χ1n) is 5.42. The molecule has 0 aliphatic rings. The van der Waals surface area contributed by atoms with E-state index in [2.05, 4.69) is 0 Å². The molecule has 0 aromatic heterocycles. The Morgan fingerprint density at radius 1 is 0.667 bits per heavy atom. The fourth-order valence-corrected chi connectivity index (χ4v) is 1.26. The smallest absolute Gasteiger partial charge is 0.153 e. The van der Waals surface area contributed by atoms with Gasteiger partial charge in [0.2, 0.25) is 0 Å². The van der Waals surface area contributed by atoms with Gasteiger partial charge in [-0.15, -0.1) is 0 Å². The van der Waals surface area contributed by atoms with Gasteiger partial charge in [-0.25, -0.2) is 0 Å². The minimum Gasteiger partial charge on any atom is -0.508 e. The van der Waals surface area contributed by atoms with Crippen molar-refractivity contribution in [3.8, 4) is 23.0 Å². The molecule has 113 valence electrons. The van der Waals surface area contributed by atoms with Crippen LogP contribution in [-0.2, 0) is 16.8 Å². The minimum absolute atomic E-state index is 0. The molecule has 0 saturated heterocycles. The van der Waals surface area contributed by atoms with Crippen LogP contribution in [0.15, 0.2) is 36.4 Å². The molecule has 0 spiro atoms. The zero-order chi connectivity index (χ0) is 15.1. The number of aromatic hydroxyl groups is 4. The van der Waals surface area contributed by atoms with Gasteiger partial charge in [-0.1, -0.05) is 0 Å². The van der Waals surface area contributed by atoms with Crippen LogP contribution in [0.5, 0.6) is 23.0 Å². The molecule has 0 aliphatic heterocycles. The number of carbonyl (C=O) groups is 2. The molecule has 6 nitrogen and oxygen atoms in total. The van der Waals surface area contributed by atoms with E-state index in [0.717, 1.165) is 12.1 Å². The van der Waals surface area contributed by atoms with Gasteiger partial charge in [0, 0.05) is 28.9 Å². The molecule has 0 fully saturated rings. The Labute approximate surface area is 130 Å². The second kappa shape index (κ2) is 8.62. The van der Waals surface area contributed by atoms with Crippen LogP contribution in [0.3, 0.4) is 0 Å². The van der Waals surface area contributed by atoms with E-state index in [-0.39, 0.29) is 50.9 Å². The first-order valence-corrected chi connectivity index (χ1v) is 5.42. The molecular weight excluding hydrogens is 323 g/mol. The second-order valence-corrected chi connectivity index (χ2v) is 3.72. The standard InChI is InChI=1S/2C7H6O3.Co/c2*8-4-5-1-2-6(9)3-7(5)10;/h2*1-4,9-10H;. The quantitative estimate of drug-likeness (QED) is 0.622. The Morgan fingerprint density at radius 3 is 1.24 bits per heavy atom. The van der Waals surface area contributed by atoms with E-state index in [9.17, 15) is 9.59 Å². The summed E-state index contributed by atoms with van der Waals surface area (Å²) in [5, 5.41) is 35.3. The summed E-state index contributed by atoms with van der Waals surface area (Å²) in [5.41, 5.74) is 0.357. The van der Waals surface area contributed by atoms with Gasteiger partial charge in [-0.05, 0) is 24.3 Å². The van der Waals surface area contributed by atoms with E-state index >= 15 is 0 Å². The summed E-state index contributed by atoms with van der Waals surface area (Å²) in [6, 6.07) is 7.59. The zero-order valence-electron chi connectivity index (χ0n) is 10.6. The number of benzene rings is 2. The third kappa shape index (κ3) is 5.55. The summed E-state index contributed by atoms with van der Waals surface area (Å²) < 4.78 is 0. The summed E-state index contributed by atoms with van der Waals surface area (Å²) in [5.74, 6) is -0.504. The summed E-state index contributed by atoms with van der Waals surface area (Å²) in [6.07, 6.45) is 1.05. The van der Waals surface area contributed by atoms with Crippen LogP contribution in [0.1, 0.15) is 20.7 Å². The molecule has 0 amide bonds. The van der Waals surface area contributed by atoms with Crippen LogP contribution in [0, 0.1) is 0 Å². The number of carbonyl (C=O) groups excluding carboxylic acids is 2. The molecule has 2 aromatic rings. The summed E-state index contributed by atoms with van der Waals surface area (Å²) in [6.45, 7) is 0. The maximum absolute atomic E-state index is 10.1. The first-order chi connectivity index (χ1) is 9.47. The molecule has 21 heavy (non-hydrogen) atoms. The van der Waals surface area contributed by atoms with Crippen molar-refractivity contribution in [2.75, 3.05) is 0 Å². The van der Waals surface area contributed by atoms with Crippen LogP contribution in [0.4, 0.5) is 0 Å². The number of rotatable bonds is 2. The SMILES string of the molecule is O=Cc1ccc(O)cc1O.O=Cc1ccc(O)cc1O.[Co]. The Hall–Kier alpha value is -2.51. The van der Waals surface area contributed by atoms with Crippen molar-refractivity contribution >= 4 is 12.6 Å². The number of hydrogen-bond acceptors (Lipinski definition) is 6. The summed E-state index contributed by atoms with van der Waals surface area (Å²) >= 11 is 0. The van der Waals surface area contributed by atoms with Gasteiger partial charge in [0.15, 0.2) is 12.6 Å². The van der Waals surface area contributed by atoms with Crippen molar-refractivity contribution in [2.24, 2.45) is 0 Å². The van der Waals surface area contributed by atoms with E-state index in [4.69, 9.17) is 20.4 Å². The minimum atomic E-state index is -0.199. The molecule has 0 bridgehead atoms. The van der Waals surface area contributed by atoms with Gasteiger partial charge in [0.25, 0.3) is 0 Å². The van der Waals surface area contributed by atoms with E-state index in [1.54, 1.807) is 0 Å². The number of hydrogen-bond donors (Lipinski definition) is 4. The van der Waals surface area contributed by atoms with Crippen LogP contribution in [0.2, 0.25) is 0 Å². The Balaban J connectivity index is 0.000000364. The molecule has 1 radical (unpaired) electrons. The number of phenols is 4. The van der Waals surface area contributed by atoms with Gasteiger partial charge in [0.1, 0.15) is 23.0 Å². The predicted molar refractivity (Wildman–Crippen MR) is 70.3 cm³/mol. The van der Waals surface area contributed by atoms with Crippen LogP contribution < -0.4 is 0 Å². The van der Waals surface area contributed by atoms with E-state index in [1.807, 2.05) is 0 Å². The van der Waals surface area contributed by atoms with Gasteiger partial charge in [-0.2, -0.15) is 0 Å². The zero-order valence-corrected chi connectivity index (χ0v) is 11.6. The normalized spacial score (nSPS) is 8.76. The average molecular weight is 335 g/mol. The molecular formula is C14H12CoO6. The molecule has 0 atom stereocenters. The van der Waals surface area contributed by atoms with Crippen molar-refractivity contribution in [3.05, 3.63) is 47.5 Å². The summed E-state index contributed by atoms with van der Waals surface area (Å²) in [7, 11) is 0. The van der Waals surface area contributed by atoms with Crippen LogP contribution in [0.25, 0.3) is 0 Å². The largest absolute Gasteiger partial charge is 0.508 e. The first kappa shape index (κ1) is 18.5. The third-order valence-corrected chi connectivity index (χ3v) is 2.28. The van der Waals surface area contributed by atoms with E-state index < -0.39 is 0 Å². The number of phenolic OH excluding ortho intramolecular Hbond substituents is 4. The van der Waals surface area contributed by atoms with Crippen molar-refractivity contribution in [2.45, 2.75) is 0 Å². The molecule has 0 aliphatic carbocycles. The fourth-order valence-electron chi connectivity index (χ4n) is 1.26. The topological polar surface area (TPSA) is 115 Å². The predicted octanol–water partition coefficient (Wildman–Crippen LogP) is 1.82. The molecule has 0 saturated carbocycles. The molecule has 4 N–H and O–H groups in total. The van der Waals surface area contributed by atoms with Gasteiger partial charge in [-0.3, -0.25) is 9.59 Å². The molecule has 2 rings (SSSR count). The summed E-state index contributed by atoms with van der Waals surface area (Å²) in [4.78, 5) is 20.2. The van der Waals surface area contributed by atoms with Crippen molar-refractivity contribution < 1.29 is 46.8 Å².